The van der Waals surface area contributed by atoms with Crippen LogP contribution in [0.15, 0.2) is 35.9 Å². The lowest BCUT2D eigenvalue weighted by Gasteiger charge is -2.61. The van der Waals surface area contributed by atoms with Crippen LogP contribution < -0.4 is 4.90 Å². The number of allylic oxidation sites excluding steroid dienone is 1. The Balaban J connectivity index is 1.94. The molecular weight excluding hydrogens is 396 g/mol. The molecule has 1 aromatic rings. The second-order valence-electron chi connectivity index (χ2n) is 9.25. The molecule has 1 saturated carbocycles. The number of carbonyl (C=O) groups excluding carboxylic acids is 2. The molecule has 0 amide bonds. The number of hydrogen-bond donors (Lipinski definition) is 1. The normalized spacial score (nSPS) is 41.0. The van der Waals surface area contributed by atoms with E-state index in [0.29, 0.717) is 19.4 Å². The summed E-state index contributed by atoms with van der Waals surface area (Å²) >= 11 is 0. The van der Waals surface area contributed by atoms with Crippen LogP contribution >= 0.6 is 0 Å². The second-order valence-corrected chi connectivity index (χ2v) is 9.25. The number of likely N-dealkylation sites (N-methyl/N-ethyl adjacent to an activating group) is 1. The van der Waals surface area contributed by atoms with E-state index in [2.05, 4.69) is 28.0 Å². The number of aliphatic hydroxyl groups excluding tert-OH is 1. The van der Waals surface area contributed by atoms with Crippen molar-refractivity contribution < 1.29 is 24.2 Å². The first-order chi connectivity index (χ1) is 14.9. The Morgan fingerprint density at radius 2 is 2.06 bits per heavy atom. The van der Waals surface area contributed by atoms with Crippen molar-refractivity contribution in [3.8, 4) is 0 Å². The van der Waals surface area contributed by atoms with E-state index in [1.165, 1.54) is 14.0 Å². The Kier molecular flexibility index (Phi) is 4.34. The SMILES string of the molecule is C/C=C1/CN2CC[C@@]34c5ccccc5N(C)[C@@]23[C@H](OC(C)=O)C[C@@H]1[C@@]4(CO)C(=O)OC. The second kappa shape index (κ2) is 6.56. The number of ether oxygens (including phenoxy) is 2. The molecule has 1 aromatic carbocycles. The van der Waals surface area contributed by atoms with Gasteiger partial charge in [0.1, 0.15) is 17.2 Å². The number of methoxy groups -OCH3 is 1. The molecule has 5 aliphatic rings. The molecule has 1 spiro atoms. The highest BCUT2D eigenvalue weighted by Crippen LogP contribution is 2.74. The fourth-order valence-corrected chi connectivity index (χ4v) is 7.86. The van der Waals surface area contributed by atoms with Crippen molar-refractivity contribution in [3.05, 3.63) is 41.5 Å². The van der Waals surface area contributed by atoms with Gasteiger partial charge < -0.3 is 19.5 Å². The average Bonchev–Trinajstić information content (AvgIpc) is 3.15. The fourth-order valence-electron chi connectivity index (χ4n) is 7.86. The third kappa shape index (κ3) is 1.98. The van der Waals surface area contributed by atoms with E-state index in [4.69, 9.17) is 9.47 Å². The van der Waals surface area contributed by atoms with Gasteiger partial charge in [-0.2, -0.15) is 0 Å². The van der Waals surface area contributed by atoms with Crippen LogP contribution in [0.25, 0.3) is 0 Å². The number of rotatable bonds is 3. The third-order valence-electron chi connectivity index (χ3n) is 8.66. The van der Waals surface area contributed by atoms with Crippen molar-refractivity contribution in [2.24, 2.45) is 11.3 Å². The Morgan fingerprint density at radius 1 is 1.32 bits per heavy atom. The highest BCUT2D eigenvalue weighted by molar-refractivity contribution is 5.86. The number of para-hydroxylation sites is 1. The van der Waals surface area contributed by atoms with Gasteiger partial charge in [0, 0.05) is 38.7 Å². The number of hydrogen-bond acceptors (Lipinski definition) is 7. The Bertz CT molecular complexity index is 992. The summed E-state index contributed by atoms with van der Waals surface area (Å²) in [6.45, 7) is 4.49. The summed E-state index contributed by atoms with van der Waals surface area (Å²) in [7, 11) is 3.42. The lowest BCUT2D eigenvalue weighted by atomic mass is 9.45. The van der Waals surface area contributed by atoms with E-state index in [0.717, 1.165) is 23.4 Å². The molecule has 4 bridgehead atoms. The smallest absolute Gasteiger partial charge is 0.315 e. The molecule has 6 rings (SSSR count). The molecule has 0 radical (unpaired) electrons. The molecule has 4 fully saturated rings. The maximum Gasteiger partial charge on any atom is 0.315 e. The lowest BCUT2D eigenvalue weighted by molar-refractivity contribution is -0.195. The van der Waals surface area contributed by atoms with Crippen LogP contribution in [0.3, 0.4) is 0 Å². The zero-order valence-corrected chi connectivity index (χ0v) is 18.6. The molecule has 3 saturated heterocycles. The predicted molar refractivity (Wildman–Crippen MR) is 114 cm³/mol. The van der Waals surface area contributed by atoms with E-state index in [-0.39, 0.29) is 24.5 Å². The quantitative estimate of drug-likeness (QED) is 0.584. The highest BCUT2D eigenvalue weighted by atomic mass is 16.5. The van der Waals surface area contributed by atoms with Gasteiger partial charge in [0.25, 0.3) is 0 Å². The first kappa shape index (κ1) is 20.5. The summed E-state index contributed by atoms with van der Waals surface area (Å²) in [6.07, 6.45) is 2.75. The standard InChI is InChI=1S/C24H30N2O5/c1-5-16-13-26-11-10-23-17-8-6-7-9-19(17)25(3)24(23,26)20(31-15(2)28)12-18(16)22(23,14-27)21(29)30-4/h5-9,18,20,27H,10-14H2,1-4H3/b16-5-/t18-,20+,22-,23-,24-/m0/s1. The summed E-state index contributed by atoms with van der Waals surface area (Å²) in [5.74, 6) is -1.02. The molecule has 4 aliphatic heterocycles. The molecule has 1 aliphatic carbocycles. The minimum Gasteiger partial charge on any atom is -0.468 e. The van der Waals surface area contributed by atoms with Crippen LogP contribution in [0.2, 0.25) is 0 Å². The fraction of sp³-hybridized carbons (Fsp3) is 0.583. The van der Waals surface area contributed by atoms with Gasteiger partial charge in [-0.15, -0.1) is 0 Å². The summed E-state index contributed by atoms with van der Waals surface area (Å²) in [4.78, 5) is 30.6. The number of carbonyl (C=O) groups is 2. The van der Waals surface area contributed by atoms with Crippen LogP contribution in [0, 0.1) is 11.3 Å². The van der Waals surface area contributed by atoms with Crippen molar-refractivity contribution in [2.75, 3.05) is 38.8 Å². The predicted octanol–water partition coefficient (Wildman–Crippen LogP) is 1.84. The summed E-state index contributed by atoms with van der Waals surface area (Å²) in [6, 6.07) is 8.09. The minimum atomic E-state index is -1.17. The molecule has 1 N–H and O–H groups in total. The van der Waals surface area contributed by atoms with E-state index < -0.39 is 22.6 Å². The van der Waals surface area contributed by atoms with Crippen molar-refractivity contribution >= 4 is 17.6 Å². The Hall–Kier alpha value is -2.38. The van der Waals surface area contributed by atoms with Crippen molar-refractivity contribution in [1.29, 1.82) is 0 Å². The van der Waals surface area contributed by atoms with Gasteiger partial charge in [-0.3, -0.25) is 14.5 Å². The summed E-state index contributed by atoms with van der Waals surface area (Å²) < 4.78 is 11.5. The van der Waals surface area contributed by atoms with Gasteiger partial charge in [-0.05, 0) is 31.4 Å². The van der Waals surface area contributed by atoms with E-state index in [1.54, 1.807) is 0 Å². The van der Waals surface area contributed by atoms with Gasteiger partial charge in [-0.1, -0.05) is 29.8 Å². The topological polar surface area (TPSA) is 79.3 Å². The number of nitrogens with zero attached hydrogens (tertiary/aromatic N) is 2. The molecule has 6 atom stereocenters. The number of anilines is 1. The first-order valence-electron chi connectivity index (χ1n) is 11.0. The zero-order chi connectivity index (χ0) is 22.2. The third-order valence-corrected chi connectivity index (χ3v) is 8.66. The highest BCUT2D eigenvalue weighted by Gasteiger charge is 2.84. The zero-order valence-electron chi connectivity index (χ0n) is 18.6. The first-order valence-corrected chi connectivity index (χ1v) is 11.0. The molecule has 7 nitrogen and oxygen atoms in total. The monoisotopic (exact) mass is 426 g/mol. The molecule has 31 heavy (non-hydrogen) atoms. The Morgan fingerprint density at radius 3 is 2.71 bits per heavy atom. The van der Waals surface area contributed by atoms with E-state index in [9.17, 15) is 14.7 Å². The van der Waals surface area contributed by atoms with Gasteiger partial charge >= 0.3 is 11.9 Å². The maximum atomic E-state index is 13.7. The van der Waals surface area contributed by atoms with Crippen LogP contribution in [-0.4, -0.2) is 67.6 Å². The largest absolute Gasteiger partial charge is 0.468 e. The molecule has 7 heteroatoms. The lowest BCUT2D eigenvalue weighted by Crippen LogP contribution is -2.77. The van der Waals surface area contributed by atoms with Crippen LogP contribution in [-0.2, 0) is 24.5 Å². The van der Waals surface area contributed by atoms with Crippen LogP contribution in [0.4, 0.5) is 5.69 Å². The summed E-state index contributed by atoms with van der Waals surface area (Å²) in [5, 5.41) is 11.1. The molecule has 1 unspecified atom stereocenters. The van der Waals surface area contributed by atoms with Crippen molar-refractivity contribution in [3.63, 3.8) is 0 Å². The molecule has 4 heterocycles. The van der Waals surface area contributed by atoms with Crippen LogP contribution in [0.5, 0.6) is 0 Å². The minimum absolute atomic E-state index is 0.294. The van der Waals surface area contributed by atoms with Gasteiger partial charge in [0.05, 0.1) is 19.1 Å². The van der Waals surface area contributed by atoms with Crippen LogP contribution in [0.1, 0.15) is 32.3 Å². The molecular formula is C24H30N2O5. The number of esters is 2. The van der Waals surface area contributed by atoms with Crippen molar-refractivity contribution in [2.45, 2.75) is 43.9 Å². The number of aliphatic hydroxyl groups is 1. The molecule has 166 valence electrons. The maximum absolute atomic E-state index is 13.7. The Labute approximate surface area is 182 Å². The van der Waals surface area contributed by atoms with E-state index >= 15 is 0 Å². The molecule has 0 aromatic heterocycles. The number of fused-ring (bicyclic) bond motifs is 3. The van der Waals surface area contributed by atoms with Gasteiger partial charge in [0.15, 0.2) is 0 Å². The van der Waals surface area contributed by atoms with Gasteiger partial charge in [0.2, 0.25) is 0 Å². The van der Waals surface area contributed by atoms with Gasteiger partial charge in [-0.25, -0.2) is 0 Å². The van der Waals surface area contributed by atoms with E-state index in [1.807, 2.05) is 26.1 Å². The summed E-state index contributed by atoms with van der Waals surface area (Å²) in [5.41, 5.74) is 0.399. The average molecular weight is 427 g/mol. The number of benzene rings is 1. The van der Waals surface area contributed by atoms with Crippen molar-refractivity contribution in [1.82, 2.24) is 4.90 Å².